The van der Waals surface area contributed by atoms with Gasteiger partial charge in [0.1, 0.15) is 12.7 Å². The Labute approximate surface area is 234 Å². The molecule has 1 aliphatic rings. The van der Waals surface area contributed by atoms with Crippen molar-refractivity contribution in [3.8, 4) is 5.69 Å². The van der Waals surface area contributed by atoms with Crippen molar-refractivity contribution in [3.05, 3.63) is 78.5 Å². The van der Waals surface area contributed by atoms with Crippen molar-refractivity contribution >= 4 is 22.8 Å². The second kappa shape index (κ2) is 13.9. The molecule has 5 rings (SSSR count). The molecule has 1 atom stereocenters. The van der Waals surface area contributed by atoms with Crippen LogP contribution in [0.5, 0.6) is 0 Å². The highest BCUT2D eigenvalue weighted by molar-refractivity contribution is 6.27. The van der Waals surface area contributed by atoms with E-state index in [9.17, 15) is 0 Å². The number of carboxylic acid groups (broad SMARTS) is 2. The molecule has 2 heterocycles. The van der Waals surface area contributed by atoms with E-state index in [2.05, 4.69) is 88.8 Å². The van der Waals surface area contributed by atoms with Gasteiger partial charge in [0.2, 0.25) is 0 Å². The van der Waals surface area contributed by atoms with Crippen molar-refractivity contribution in [2.45, 2.75) is 63.8 Å². The molecule has 212 valence electrons. The zero-order valence-electron chi connectivity index (χ0n) is 23.2. The van der Waals surface area contributed by atoms with E-state index >= 15 is 0 Å². The Morgan fingerprint density at radius 1 is 1.02 bits per heavy atom. The summed E-state index contributed by atoms with van der Waals surface area (Å²) in [6.45, 7) is 3.51. The van der Waals surface area contributed by atoms with Gasteiger partial charge in [-0.05, 0) is 86.7 Å². The number of aromatic nitrogens is 4. The summed E-state index contributed by atoms with van der Waals surface area (Å²) >= 11 is 0. The lowest BCUT2D eigenvalue weighted by Crippen LogP contribution is -2.37. The number of H-pyrrole nitrogens is 1. The van der Waals surface area contributed by atoms with Crippen LogP contribution in [0, 0.1) is 5.92 Å². The Balaban J connectivity index is 0.000000557. The average Bonchev–Trinajstić information content (AvgIpc) is 3.64. The number of benzene rings is 2. The number of carbonyl (C=O) groups is 2. The Bertz CT molecular complexity index is 1350. The topological polar surface area (TPSA) is 124 Å². The molecule has 9 nitrogen and oxygen atoms in total. The van der Waals surface area contributed by atoms with Crippen LogP contribution in [-0.4, -0.2) is 66.4 Å². The summed E-state index contributed by atoms with van der Waals surface area (Å²) in [6, 6.07) is 18.2. The van der Waals surface area contributed by atoms with Crippen molar-refractivity contribution in [2.24, 2.45) is 5.92 Å². The summed E-state index contributed by atoms with van der Waals surface area (Å²) in [6.07, 6.45) is 14.9. The summed E-state index contributed by atoms with van der Waals surface area (Å²) in [4.78, 5) is 24.3. The number of rotatable bonds is 9. The van der Waals surface area contributed by atoms with Crippen LogP contribution in [0.15, 0.2) is 67.4 Å². The Morgan fingerprint density at radius 2 is 1.70 bits per heavy atom. The maximum Gasteiger partial charge on any atom is 0.414 e. The van der Waals surface area contributed by atoms with Crippen LogP contribution < -0.4 is 0 Å². The van der Waals surface area contributed by atoms with Gasteiger partial charge < -0.3 is 20.1 Å². The Morgan fingerprint density at radius 3 is 2.35 bits per heavy atom. The molecule has 0 aliphatic heterocycles. The lowest BCUT2D eigenvalue weighted by molar-refractivity contribution is -0.159. The third kappa shape index (κ3) is 7.79. The molecule has 0 amide bonds. The lowest BCUT2D eigenvalue weighted by Gasteiger charge is -2.36. The first-order valence-corrected chi connectivity index (χ1v) is 14.0. The fraction of sp³-hybridized carbons (Fsp3) is 0.419. The largest absolute Gasteiger partial charge is 0.473 e. The van der Waals surface area contributed by atoms with Gasteiger partial charge in [-0.3, -0.25) is 4.57 Å². The number of aryl methyl sites for hydroxylation is 1. The van der Waals surface area contributed by atoms with E-state index in [1.807, 2.05) is 4.57 Å². The molecule has 2 aromatic carbocycles. The van der Waals surface area contributed by atoms with Crippen molar-refractivity contribution in [1.82, 2.24) is 24.6 Å². The molecule has 0 bridgehead atoms. The highest BCUT2D eigenvalue weighted by Crippen LogP contribution is 2.32. The van der Waals surface area contributed by atoms with E-state index < -0.39 is 11.9 Å². The zero-order chi connectivity index (χ0) is 28.5. The summed E-state index contributed by atoms with van der Waals surface area (Å²) in [5.74, 6) is -2.18. The normalized spacial score (nSPS) is 17.8. The molecular weight excluding hydrogens is 506 g/mol. The van der Waals surface area contributed by atoms with E-state index in [1.54, 1.807) is 12.7 Å². The number of nitrogens with one attached hydrogen (secondary N) is 1. The highest BCUT2D eigenvalue weighted by Gasteiger charge is 2.25. The van der Waals surface area contributed by atoms with E-state index in [4.69, 9.17) is 19.8 Å². The zero-order valence-corrected chi connectivity index (χ0v) is 23.2. The van der Waals surface area contributed by atoms with Gasteiger partial charge in [-0.1, -0.05) is 43.7 Å². The minimum Gasteiger partial charge on any atom is -0.473 e. The van der Waals surface area contributed by atoms with E-state index in [0.717, 1.165) is 30.6 Å². The summed E-state index contributed by atoms with van der Waals surface area (Å²) in [5, 5.41) is 24.0. The number of hydrogen-bond acceptors (Lipinski definition) is 5. The van der Waals surface area contributed by atoms with E-state index in [0.29, 0.717) is 5.92 Å². The Hall–Kier alpha value is -3.98. The molecule has 0 spiro atoms. The maximum atomic E-state index is 9.10. The number of likely N-dealkylation sites (N-methyl/N-ethyl adjacent to an activating group) is 1. The van der Waals surface area contributed by atoms with Crippen LogP contribution in [0.3, 0.4) is 0 Å². The SMILES string of the molecule is CC(CN(C)[C@H]1CC[C@@H](CCCc2c[nH]c3ccc(-n4cnnc4)cc23)CC1)c1ccccc1.O=C(O)C(=O)O. The monoisotopic (exact) mass is 545 g/mol. The number of aromatic amines is 1. The van der Waals surface area contributed by atoms with Gasteiger partial charge >= 0.3 is 11.9 Å². The van der Waals surface area contributed by atoms with Crippen LogP contribution in [0.4, 0.5) is 0 Å². The van der Waals surface area contributed by atoms with Gasteiger partial charge in [-0.15, -0.1) is 10.2 Å². The van der Waals surface area contributed by atoms with Gasteiger partial charge in [-0.2, -0.15) is 0 Å². The predicted molar refractivity (Wildman–Crippen MR) is 155 cm³/mol. The van der Waals surface area contributed by atoms with Gasteiger partial charge in [0.05, 0.1) is 0 Å². The number of nitrogens with zero attached hydrogens (tertiary/aromatic N) is 4. The van der Waals surface area contributed by atoms with Crippen molar-refractivity contribution in [3.63, 3.8) is 0 Å². The summed E-state index contributed by atoms with van der Waals surface area (Å²) < 4.78 is 1.96. The maximum absolute atomic E-state index is 9.10. The molecule has 2 aromatic heterocycles. The minimum atomic E-state index is -1.82. The second-order valence-electron chi connectivity index (χ2n) is 10.8. The number of aliphatic carboxylic acids is 2. The molecule has 40 heavy (non-hydrogen) atoms. The molecule has 0 radical (unpaired) electrons. The van der Waals surface area contributed by atoms with Crippen LogP contribution in [-0.2, 0) is 16.0 Å². The fourth-order valence-corrected chi connectivity index (χ4v) is 5.79. The van der Waals surface area contributed by atoms with Crippen LogP contribution in [0.1, 0.15) is 62.5 Å². The van der Waals surface area contributed by atoms with Crippen molar-refractivity contribution in [2.75, 3.05) is 13.6 Å². The highest BCUT2D eigenvalue weighted by atomic mass is 16.4. The first-order valence-electron chi connectivity index (χ1n) is 14.0. The molecular formula is C31H39N5O4. The average molecular weight is 546 g/mol. The predicted octanol–water partition coefficient (Wildman–Crippen LogP) is 5.52. The molecule has 1 unspecified atom stereocenters. The smallest absolute Gasteiger partial charge is 0.414 e. The van der Waals surface area contributed by atoms with Crippen LogP contribution in [0.25, 0.3) is 16.6 Å². The van der Waals surface area contributed by atoms with Crippen molar-refractivity contribution < 1.29 is 19.8 Å². The van der Waals surface area contributed by atoms with Crippen molar-refractivity contribution in [1.29, 1.82) is 0 Å². The molecule has 3 N–H and O–H groups in total. The Kier molecular flexibility index (Phi) is 10.1. The third-order valence-electron chi connectivity index (χ3n) is 8.08. The fourth-order valence-electron chi connectivity index (χ4n) is 5.79. The first kappa shape index (κ1) is 29.0. The molecule has 4 aromatic rings. The summed E-state index contributed by atoms with van der Waals surface area (Å²) in [7, 11) is 2.33. The molecule has 1 aliphatic carbocycles. The molecule has 0 saturated heterocycles. The molecule has 9 heteroatoms. The van der Waals surface area contributed by atoms with Crippen LogP contribution in [0.2, 0.25) is 0 Å². The quantitative estimate of drug-likeness (QED) is 0.237. The van der Waals surface area contributed by atoms with Gasteiger partial charge in [-0.25, -0.2) is 9.59 Å². The minimum absolute atomic E-state index is 0.589. The van der Waals surface area contributed by atoms with Gasteiger partial charge in [0.25, 0.3) is 0 Å². The van der Waals surface area contributed by atoms with Crippen LogP contribution >= 0.6 is 0 Å². The number of carboxylic acids is 2. The molecule has 1 fully saturated rings. The first-order chi connectivity index (χ1) is 19.3. The number of fused-ring (bicyclic) bond motifs is 1. The lowest BCUT2D eigenvalue weighted by atomic mass is 9.82. The van der Waals surface area contributed by atoms with Gasteiger partial charge in [0, 0.05) is 35.4 Å². The standard InChI is InChI=1S/C29H37N5.C2H2O4/c1-22(24-8-4-3-5-9-24)19-33(2)26-13-11-23(12-14-26)7-6-10-25-18-30-29-16-15-27(17-28(25)29)34-20-31-32-21-34;3-1(4)2(5)6/h3-5,8-9,15-18,20-23,26,30H,6-7,10-14,19H2,1-2H3;(H,3,4)(H,5,6)/t22?,23-,26+;. The van der Waals surface area contributed by atoms with E-state index in [1.165, 1.54) is 60.6 Å². The summed E-state index contributed by atoms with van der Waals surface area (Å²) in [5.41, 5.74) is 5.20. The second-order valence-corrected chi connectivity index (χ2v) is 10.8. The third-order valence-corrected chi connectivity index (χ3v) is 8.08. The molecule has 1 saturated carbocycles. The van der Waals surface area contributed by atoms with E-state index in [-0.39, 0.29) is 0 Å². The van der Waals surface area contributed by atoms with Gasteiger partial charge in [0.15, 0.2) is 0 Å². The number of hydrogen-bond donors (Lipinski definition) is 3.